The Kier molecular flexibility index (Phi) is 6.91. The van der Waals surface area contributed by atoms with Crippen molar-refractivity contribution in [2.24, 2.45) is 0 Å². The molecule has 114 valence electrons. The Morgan fingerprint density at radius 3 is 2.20 bits per heavy atom. The van der Waals surface area contributed by atoms with Gasteiger partial charge in [0.1, 0.15) is 17.5 Å². The summed E-state index contributed by atoms with van der Waals surface area (Å²) in [5.74, 6) is 2.52. The highest BCUT2D eigenvalue weighted by Gasteiger charge is 2.10. The Morgan fingerprint density at radius 2 is 1.70 bits per heavy atom. The highest BCUT2D eigenvalue weighted by Crippen LogP contribution is 2.19. The molecule has 0 bridgehead atoms. The first kappa shape index (κ1) is 16.9. The minimum Gasteiger partial charge on any atom is -0.370 e. The molecule has 0 aliphatic heterocycles. The van der Waals surface area contributed by atoms with Crippen LogP contribution in [0.25, 0.3) is 0 Å². The highest BCUT2D eigenvalue weighted by atomic mass is 32.2. The van der Waals surface area contributed by atoms with Crippen molar-refractivity contribution in [1.82, 2.24) is 9.97 Å². The van der Waals surface area contributed by atoms with Gasteiger partial charge < -0.3 is 10.6 Å². The summed E-state index contributed by atoms with van der Waals surface area (Å²) in [5, 5.41) is 6.85. The first-order chi connectivity index (χ1) is 9.45. The van der Waals surface area contributed by atoms with Crippen molar-refractivity contribution in [2.45, 2.75) is 45.8 Å². The fourth-order valence-electron chi connectivity index (χ4n) is 1.78. The summed E-state index contributed by atoms with van der Waals surface area (Å²) in [6, 6.07) is 0. The van der Waals surface area contributed by atoms with Crippen molar-refractivity contribution in [3.63, 3.8) is 0 Å². The minimum absolute atomic E-state index is 0.198. The minimum atomic E-state index is -0.772. The quantitative estimate of drug-likeness (QED) is 0.772. The normalized spacial score (nSPS) is 13.8. The lowest BCUT2D eigenvalue weighted by Crippen LogP contribution is -2.17. The largest absolute Gasteiger partial charge is 0.370 e. The summed E-state index contributed by atoms with van der Waals surface area (Å²) in [7, 11) is -0.772. The molecule has 1 aromatic rings. The van der Waals surface area contributed by atoms with Crippen LogP contribution in [0.2, 0.25) is 0 Å². The molecule has 0 fully saturated rings. The molecule has 1 rings (SSSR count). The van der Waals surface area contributed by atoms with Crippen molar-refractivity contribution in [3.05, 3.63) is 11.4 Å². The van der Waals surface area contributed by atoms with E-state index < -0.39 is 10.8 Å². The average Bonchev–Trinajstić information content (AvgIpc) is 2.40. The van der Waals surface area contributed by atoms with Crippen LogP contribution in [0.5, 0.6) is 0 Å². The van der Waals surface area contributed by atoms with Crippen LogP contribution in [0.15, 0.2) is 0 Å². The van der Waals surface area contributed by atoms with E-state index in [1.54, 1.807) is 6.26 Å². The van der Waals surface area contributed by atoms with Crippen LogP contribution in [0.3, 0.4) is 0 Å². The number of rotatable bonds is 8. The maximum Gasteiger partial charge on any atom is 0.134 e. The fourth-order valence-corrected chi connectivity index (χ4v) is 2.23. The van der Waals surface area contributed by atoms with E-state index >= 15 is 0 Å². The van der Waals surface area contributed by atoms with E-state index in [4.69, 9.17) is 0 Å². The monoisotopic (exact) mass is 298 g/mol. The maximum absolute atomic E-state index is 11.3. The van der Waals surface area contributed by atoms with Crippen LogP contribution in [0.1, 0.15) is 38.1 Å². The fraction of sp³-hybridized carbons (Fsp3) is 0.714. The van der Waals surface area contributed by atoms with Crippen molar-refractivity contribution in [3.8, 4) is 0 Å². The molecule has 2 N–H and O–H groups in total. The summed E-state index contributed by atoms with van der Waals surface area (Å²) in [4.78, 5) is 8.88. The number of aryl methyl sites for hydroxylation is 1. The first-order valence-electron chi connectivity index (χ1n) is 7.10. The lowest BCUT2D eigenvalue weighted by molar-refractivity contribution is 0.672. The van der Waals surface area contributed by atoms with Gasteiger partial charge >= 0.3 is 0 Å². The molecule has 0 aliphatic carbocycles. The van der Waals surface area contributed by atoms with Crippen molar-refractivity contribution in [2.75, 3.05) is 30.0 Å². The van der Waals surface area contributed by atoms with Crippen LogP contribution in [-0.4, -0.2) is 38.8 Å². The molecular weight excluding hydrogens is 272 g/mol. The molecular formula is C14H26N4OS. The van der Waals surface area contributed by atoms with Gasteiger partial charge in [-0.25, -0.2) is 9.97 Å². The SMILES string of the molecule is CCCNc1nc(C)nc(NCCC(C)S(C)=O)c1C. The van der Waals surface area contributed by atoms with E-state index in [1.807, 2.05) is 20.8 Å². The highest BCUT2D eigenvalue weighted by molar-refractivity contribution is 7.84. The molecule has 5 nitrogen and oxygen atoms in total. The topological polar surface area (TPSA) is 66.9 Å². The summed E-state index contributed by atoms with van der Waals surface area (Å²) in [6.45, 7) is 9.71. The van der Waals surface area contributed by atoms with Gasteiger partial charge in [-0.15, -0.1) is 0 Å². The Balaban J connectivity index is 2.69. The van der Waals surface area contributed by atoms with Crippen LogP contribution in [-0.2, 0) is 10.8 Å². The second-order valence-corrected chi connectivity index (χ2v) is 6.85. The standard InChI is InChI=1S/C14H26N4OS/c1-6-8-15-13-11(3)14(18-12(4)17-13)16-9-7-10(2)20(5)19/h10H,6-9H2,1-5H3,(H2,15,16,17,18). The molecule has 0 spiro atoms. The molecule has 1 aromatic heterocycles. The molecule has 2 atom stereocenters. The number of nitrogens with zero attached hydrogens (tertiary/aromatic N) is 2. The zero-order valence-electron chi connectivity index (χ0n) is 13.1. The van der Waals surface area contributed by atoms with Crippen LogP contribution in [0, 0.1) is 13.8 Å². The number of aromatic nitrogens is 2. The van der Waals surface area contributed by atoms with E-state index in [9.17, 15) is 4.21 Å². The lowest BCUT2D eigenvalue weighted by Gasteiger charge is -2.15. The number of anilines is 2. The van der Waals surface area contributed by atoms with E-state index in [1.165, 1.54) is 0 Å². The zero-order chi connectivity index (χ0) is 15.1. The summed E-state index contributed by atoms with van der Waals surface area (Å²) < 4.78 is 11.3. The van der Waals surface area contributed by atoms with Gasteiger partial charge in [0.15, 0.2) is 0 Å². The van der Waals surface area contributed by atoms with Gasteiger partial charge in [0.05, 0.1) is 0 Å². The summed E-state index contributed by atoms with van der Waals surface area (Å²) in [6.07, 6.45) is 3.67. The second kappa shape index (κ2) is 8.19. The Morgan fingerprint density at radius 1 is 1.15 bits per heavy atom. The van der Waals surface area contributed by atoms with Crippen LogP contribution < -0.4 is 10.6 Å². The summed E-state index contributed by atoms with van der Waals surface area (Å²) in [5.41, 5.74) is 1.04. The van der Waals surface area contributed by atoms with Crippen molar-refractivity contribution >= 4 is 22.4 Å². The van der Waals surface area contributed by atoms with Gasteiger partial charge in [0.25, 0.3) is 0 Å². The third kappa shape index (κ3) is 5.07. The molecule has 2 unspecified atom stereocenters. The van der Waals surface area contributed by atoms with Gasteiger partial charge in [-0.1, -0.05) is 13.8 Å². The molecule has 1 heterocycles. The molecule has 0 saturated carbocycles. The van der Waals surface area contributed by atoms with Crippen LogP contribution >= 0.6 is 0 Å². The number of hydrogen-bond acceptors (Lipinski definition) is 5. The zero-order valence-corrected chi connectivity index (χ0v) is 13.9. The molecule has 6 heteroatoms. The third-order valence-corrected chi connectivity index (χ3v) is 4.58. The van der Waals surface area contributed by atoms with Crippen molar-refractivity contribution in [1.29, 1.82) is 0 Å². The van der Waals surface area contributed by atoms with Gasteiger partial charge in [-0.2, -0.15) is 0 Å². The Bertz CT molecular complexity index is 465. The molecule has 0 aromatic carbocycles. The molecule has 0 amide bonds. The maximum atomic E-state index is 11.3. The van der Waals surface area contributed by atoms with E-state index in [-0.39, 0.29) is 5.25 Å². The van der Waals surface area contributed by atoms with E-state index in [0.29, 0.717) is 0 Å². The smallest absolute Gasteiger partial charge is 0.134 e. The number of hydrogen-bond donors (Lipinski definition) is 2. The van der Waals surface area contributed by atoms with E-state index in [2.05, 4.69) is 27.5 Å². The van der Waals surface area contributed by atoms with Crippen molar-refractivity contribution < 1.29 is 4.21 Å². The third-order valence-electron chi connectivity index (χ3n) is 3.21. The van der Waals surface area contributed by atoms with Gasteiger partial charge in [-0.3, -0.25) is 4.21 Å². The lowest BCUT2D eigenvalue weighted by atomic mass is 10.2. The average molecular weight is 298 g/mol. The van der Waals surface area contributed by atoms with E-state index in [0.717, 1.165) is 49.0 Å². The first-order valence-corrected chi connectivity index (χ1v) is 8.73. The Hall–Kier alpha value is -1.17. The Labute approximate surface area is 124 Å². The van der Waals surface area contributed by atoms with Gasteiger partial charge in [-0.05, 0) is 26.7 Å². The van der Waals surface area contributed by atoms with Gasteiger partial charge in [0, 0.05) is 41.0 Å². The molecule has 0 radical (unpaired) electrons. The molecule has 0 saturated heterocycles. The second-order valence-electron chi connectivity index (χ2n) is 5.04. The summed E-state index contributed by atoms with van der Waals surface area (Å²) >= 11 is 0. The predicted octanol–water partition coefficient (Wildman–Crippen LogP) is 2.48. The van der Waals surface area contributed by atoms with Crippen LogP contribution in [0.4, 0.5) is 11.6 Å². The molecule has 20 heavy (non-hydrogen) atoms. The van der Waals surface area contributed by atoms with Gasteiger partial charge in [0.2, 0.25) is 0 Å². The number of nitrogens with one attached hydrogen (secondary N) is 2. The predicted molar refractivity (Wildman–Crippen MR) is 86.9 cm³/mol. The molecule has 0 aliphatic rings.